The molecule has 1 atom stereocenters. The van der Waals surface area contributed by atoms with Gasteiger partial charge >= 0.3 is 5.69 Å². The van der Waals surface area contributed by atoms with Crippen molar-refractivity contribution < 1.29 is 5.11 Å². The van der Waals surface area contributed by atoms with E-state index in [1.807, 2.05) is 6.07 Å². The van der Waals surface area contributed by atoms with Crippen LogP contribution in [0.4, 0.5) is 0 Å². The number of β-amino-alcohol motifs (C(OH)–C–C–N with tert-alkyl or cyclic N) is 1. The molecule has 8 nitrogen and oxygen atoms in total. The first kappa shape index (κ1) is 17.6. The summed E-state index contributed by atoms with van der Waals surface area (Å²) in [5, 5.41) is 11.0. The van der Waals surface area contributed by atoms with Gasteiger partial charge in [-0.2, -0.15) is 0 Å². The van der Waals surface area contributed by atoms with Gasteiger partial charge in [0.2, 0.25) is 0 Å². The van der Waals surface area contributed by atoms with Crippen LogP contribution in [0.1, 0.15) is 38.1 Å². The molecule has 3 aromatic heterocycles. The van der Waals surface area contributed by atoms with Crippen LogP contribution in [0.25, 0.3) is 21.9 Å². The molecule has 1 saturated carbocycles. The maximum Gasteiger partial charge on any atom is 0.329 e. The summed E-state index contributed by atoms with van der Waals surface area (Å²) < 4.78 is 1.78. The molecule has 5 rings (SSSR count). The molecule has 2 aliphatic rings. The minimum Gasteiger partial charge on any atom is -0.392 e. The molecule has 3 N–H and O–H groups in total. The Labute approximate surface area is 161 Å². The number of nitrogens with one attached hydrogen (secondary N) is 2. The van der Waals surface area contributed by atoms with E-state index in [9.17, 15) is 14.7 Å². The fourth-order valence-electron chi connectivity index (χ4n) is 5.02. The molecule has 0 radical (unpaired) electrons. The number of aromatic nitrogens is 4. The number of aromatic amines is 2. The standard InChI is InChI=1S/C20H25N5O3/c26-14-6-8-24(11-14)10-12-1-3-13(4-2-12)25-17-15-5-7-21-18(15)22-9-16(17)19(27)23-20(25)28/h5,7,9,12-14,26H,1-4,6,8,10-11H2,(H,21,22)(H,23,27,28)/t12-,13-,14-/m1/s1. The highest BCUT2D eigenvalue weighted by molar-refractivity contribution is 6.01. The number of pyridine rings is 1. The number of likely N-dealkylation sites (tertiary alicyclic amines) is 1. The van der Waals surface area contributed by atoms with Crippen LogP contribution in [0, 0.1) is 5.92 Å². The van der Waals surface area contributed by atoms with Crippen molar-refractivity contribution in [3.8, 4) is 0 Å². The molecule has 3 aromatic rings. The first-order chi connectivity index (χ1) is 13.6. The van der Waals surface area contributed by atoms with Gasteiger partial charge in [0, 0.05) is 43.5 Å². The van der Waals surface area contributed by atoms with Gasteiger partial charge in [0.1, 0.15) is 5.65 Å². The Bertz CT molecular complexity index is 1120. The zero-order chi connectivity index (χ0) is 19.3. The van der Waals surface area contributed by atoms with E-state index in [0.717, 1.165) is 57.1 Å². The average molecular weight is 383 g/mol. The SMILES string of the molecule is O=c1[nH]c(=O)n([C@H]2CC[C@H](CN3CC[C@@H](O)C3)CC2)c2c1cnc1[nH]ccc12. The zero-order valence-corrected chi connectivity index (χ0v) is 15.7. The number of nitrogens with zero attached hydrogens (tertiary/aromatic N) is 3. The molecule has 0 spiro atoms. The van der Waals surface area contributed by atoms with E-state index in [1.54, 1.807) is 17.0 Å². The van der Waals surface area contributed by atoms with E-state index >= 15 is 0 Å². The normalized spacial score (nSPS) is 26.4. The molecule has 1 aliphatic carbocycles. The molecule has 148 valence electrons. The topological polar surface area (TPSA) is 107 Å². The van der Waals surface area contributed by atoms with Gasteiger partial charge in [-0.15, -0.1) is 0 Å². The number of hydrogen-bond donors (Lipinski definition) is 3. The summed E-state index contributed by atoms with van der Waals surface area (Å²) >= 11 is 0. The van der Waals surface area contributed by atoms with Crippen molar-refractivity contribution in [1.82, 2.24) is 24.4 Å². The minimum atomic E-state index is -0.381. The zero-order valence-electron chi connectivity index (χ0n) is 15.7. The molecule has 0 amide bonds. The Hall–Kier alpha value is -2.45. The largest absolute Gasteiger partial charge is 0.392 e. The summed E-state index contributed by atoms with van der Waals surface area (Å²) in [6, 6.07) is 1.96. The van der Waals surface area contributed by atoms with Crippen LogP contribution in [0.15, 0.2) is 28.0 Å². The first-order valence-corrected chi connectivity index (χ1v) is 10.1. The lowest BCUT2D eigenvalue weighted by atomic mass is 9.85. The maximum atomic E-state index is 12.8. The lowest BCUT2D eigenvalue weighted by molar-refractivity contribution is 0.158. The van der Waals surface area contributed by atoms with Crippen molar-refractivity contribution in [2.24, 2.45) is 5.92 Å². The highest BCUT2D eigenvalue weighted by atomic mass is 16.3. The molecule has 1 saturated heterocycles. The van der Waals surface area contributed by atoms with E-state index in [4.69, 9.17) is 0 Å². The molecule has 1 aliphatic heterocycles. The quantitative estimate of drug-likeness (QED) is 0.633. The second-order valence-electron chi connectivity index (χ2n) is 8.27. The smallest absolute Gasteiger partial charge is 0.329 e. The van der Waals surface area contributed by atoms with Crippen LogP contribution in [-0.2, 0) is 0 Å². The third kappa shape index (κ3) is 2.97. The van der Waals surface area contributed by atoms with Crippen LogP contribution in [0.5, 0.6) is 0 Å². The molecule has 0 aromatic carbocycles. The lowest BCUT2D eigenvalue weighted by Crippen LogP contribution is -2.36. The Balaban J connectivity index is 1.45. The van der Waals surface area contributed by atoms with Crippen molar-refractivity contribution >= 4 is 21.9 Å². The summed E-state index contributed by atoms with van der Waals surface area (Å²) in [4.78, 5) is 37.3. The first-order valence-electron chi connectivity index (χ1n) is 10.1. The van der Waals surface area contributed by atoms with Gasteiger partial charge < -0.3 is 15.0 Å². The van der Waals surface area contributed by atoms with Crippen LogP contribution in [0.2, 0.25) is 0 Å². The second-order valence-corrected chi connectivity index (χ2v) is 8.27. The third-order valence-electron chi connectivity index (χ3n) is 6.43. The van der Waals surface area contributed by atoms with Gasteiger partial charge in [0.05, 0.1) is 17.0 Å². The Morgan fingerprint density at radius 3 is 2.71 bits per heavy atom. The van der Waals surface area contributed by atoms with Gasteiger partial charge in [0.25, 0.3) is 5.56 Å². The molecule has 2 fully saturated rings. The fraction of sp³-hybridized carbons (Fsp3) is 0.550. The molecule has 28 heavy (non-hydrogen) atoms. The van der Waals surface area contributed by atoms with E-state index in [-0.39, 0.29) is 23.4 Å². The number of hydrogen-bond acceptors (Lipinski definition) is 5. The number of H-pyrrole nitrogens is 2. The van der Waals surface area contributed by atoms with Crippen LogP contribution < -0.4 is 11.2 Å². The van der Waals surface area contributed by atoms with Crippen molar-refractivity contribution in [1.29, 1.82) is 0 Å². The fourth-order valence-corrected chi connectivity index (χ4v) is 5.02. The third-order valence-corrected chi connectivity index (χ3v) is 6.43. The van der Waals surface area contributed by atoms with Gasteiger partial charge in [-0.1, -0.05) is 0 Å². The highest BCUT2D eigenvalue weighted by Gasteiger charge is 2.28. The summed E-state index contributed by atoms with van der Waals surface area (Å²) in [7, 11) is 0. The molecule has 0 bridgehead atoms. The van der Waals surface area contributed by atoms with E-state index in [1.165, 1.54) is 0 Å². The van der Waals surface area contributed by atoms with Gasteiger partial charge in [-0.05, 0) is 44.1 Å². The summed E-state index contributed by atoms with van der Waals surface area (Å²) in [6.45, 7) is 2.78. The number of fused-ring (bicyclic) bond motifs is 3. The van der Waals surface area contributed by atoms with Crippen molar-refractivity contribution in [3.63, 3.8) is 0 Å². The van der Waals surface area contributed by atoms with Crippen molar-refractivity contribution in [2.45, 2.75) is 44.2 Å². The monoisotopic (exact) mass is 383 g/mol. The van der Waals surface area contributed by atoms with E-state index in [2.05, 4.69) is 19.9 Å². The number of rotatable bonds is 3. The van der Waals surface area contributed by atoms with Crippen LogP contribution >= 0.6 is 0 Å². The second kappa shape index (κ2) is 6.86. The molecular weight excluding hydrogens is 358 g/mol. The Kier molecular flexibility index (Phi) is 4.32. The molecule has 0 unspecified atom stereocenters. The van der Waals surface area contributed by atoms with Gasteiger partial charge in [0.15, 0.2) is 0 Å². The molecule has 4 heterocycles. The van der Waals surface area contributed by atoms with Gasteiger partial charge in [-0.25, -0.2) is 9.78 Å². The molecular formula is C20H25N5O3. The summed E-state index contributed by atoms with van der Waals surface area (Å²) in [5.41, 5.74) is 0.657. The van der Waals surface area contributed by atoms with Crippen LogP contribution in [0.3, 0.4) is 0 Å². The lowest BCUT2D eigenvalue weighted by Gasteiger charge is -2.32. The van der Waals surface area contributed by atoms with Crippen LogP contribution in [-0.4, -0.2) is 55.3 Å². The summed E-state index contributed by atoms with van der Waals surface area (Å²) in [5.74, 6) is 0.597. The average Bonchev–Trinajstić information content (AvgIpc) is 3.31. The van der Waals surface area contributed by atoms with E-state index < -0.39 is 0 Å². The Morgan fingerprint density at radius 1 is 1.14 bits per heavy atom. The maximum absolute atomic E-state index is 12.8. The molecule has 8 heteroatoms. The van der Waals surface area contributed by atoms with Crippen molar-refractivity contribution in [2.75, 3.05) is 19.6 Å². The number of aliphatic hydroxyl groups is 1. The van der Waals surface area contributed by atoms with Gasteiger partial charge in [-0.3, -0.25) is 14.3 Å². The Morgan fingerprint density at radius 2 is 1.96 bits per heavy atom. The van der Waals surface area contributed by atoms with Crippen molar-refractivity contribution in [3.05, 3.63) is 39.3 Å². The number of aliphatic hydroxyl groups excluding tert-OH is 1. The minimum absolute atomic E-state index is 0.0766. The van der Waals surface area contributed by atoms with E-state index in [0.29, 0.717) is 22.5 Å². The predicted molar refractivity (Wildman–Crippen MR) is 107 cm³/mol. The predicted octanol–water partition coefficient (Wildman–Crippen LogP) is 1.36. The highest BCUT2D eigenvalue weighted by Crippen LogP contribution is 2.34. The summed E-state index contributed by atoms with van der Waals surface area (Å²) in [6.07, 6.45) is 7.94.